The Morgan fingerprint density at radius 3 is 2.91 bits per heavy atom. The fourth-order valence-electron chi connectivity index (χ4n) is 4.59. The lowest BCUT2D eigenvalue weighted by atomic mass is 9.97. The number of fused-ring (bicyclic) bond motifs is 4. The number of anilines is 1. The molecule has 3 aromatic heterocycles. The van der Waals surface area contributed by atoms with Crippen LogP contribution in [0.4, 0.5) is 5.82 Å². The van der Waals surface area contributed by atoms with E-state index in [1.165, 1.54) is 6.33 Å². The normalized spacial score (nSPS) is 15.8. The molecule has 4 aromatic rings. The van der Waals surface area contributed by atoms with E-state index in [0.29, 0.717) is 18.9 Å². The molecule has 1 aliphatic heterocycles. The third-order valence-corrected chi connectivity index (χ3v) is 6.02. The van der Waals surface area contributed by atoms with Crippen molar-refractivity contribution >= 4 is 39.2 Å². The molecule has 1 aromatic carbocycles. The van der Waals surface area contributed by atoms with E-state index < -0.39 is 0 Å². The van der Waals surface area contributed by atoms with Crippen LogP contribution in [0.25, 0.3) is 38.6 Å². The van der Waals surface area contributed by atoms with E-state index in [0.717, 1.165) is 44.3 Å². The molecule has 1 aliphatic rings. The van der Waals surface area contributed by atoms with Crippen LogP contribution in [0.5, 0.6) is 0 Å². The maximum atomic E-state index is 12.5. The third-order valence-electron chi connectivity index (χ3n) is 6.02. The molecule has 1 amide bonds. The number of pyridine rings is 1. The minimum atomic E-state index is -0.168. The summed E-state index contributed by atoms with van der Waals surface area (Å²) in [4.78, 5) is 28.0. The molecule has 0 radical (unpaired) electrons. The Morgan fingerprint density at radius 2 is 2.09 bits per heavy atom. The lowest BCUT2D eigenvalue weighted by Gasteiger charge is -2.24. The fourth-order valence-corrected chi connectivity index (χ4v) is 4.59. The fraction of sp³-hybridized carbons (Fsp3) is 0.231. The Hall–Kier alpha value is -4.04. The van der Waals surface area contributed by atoms with Crippen molar-refractivity contribution in [2.75, 3.05) is 26.4 Å². The first-order valence-electron chi connectivity index (χ1n) is 11.2. The zero-order chi connectivity index (χ0) is 23.8. The number of para-hydroxylation sites is 1. The monoisotopic (exact) mass is 453 g/mol. The number of aromatic nitrogens is 4. The van der Waals surface area contributed by atoms with Crippen LogP contribution in [-0.4, -0.2) is 57.0 Å². The molecule has 0 spiro atoms. The lowest BCUT2D eigenvalue weighted by Crippen LogP contribution is -2.38. The zero-order valence-electron chi connectivity index (χ0n) is 19.5. The maximum absolute atomic E-state index is 12.5. The predicted molar refractivity (Wildman–Crippen MR) is 136 cm³/mol. The number of nitrogens with zero attached hydrogens (tertiary/aromatic N) is 5. The first kappa shape index (κ1) is 21.8. The second-order valence-corrected chi connectivity index (χ2v) is 8.84. The van der Waals surface area contributed by atoms with E-state index in [-0.39, 0.29) is 11.9 Å². The van der Waals surface area contributed by atoms with Gasteiger partial charge < -0.3 is 20.5 Å². The molecular weight excluding hydrogens is 426 g/mol. The minimum Gasteiger partial charge on any atom is -0.383 e. The van der Waals surface area contributed by atoms with Crippen LogP contribution in [0.1, 0.15) is 12.6 Å². The number of nitrogen functional groups attached to an aromatic ring is 1. The summed E-state index contributed by atoms with van der Waals surface area (Å²) in [6.07, 6.45) is 8.88. The van der Waals surface area contributed by atoms with Crippen LogP contribution in [0, 0.1) is 0 Å². The largest absolute Gasteiger partial charge is 0.383 e. The van der Waals surface area contributed by atoms with Gasteiger partial charge in [0.25, 0.3) is 0 Å². The van der Waals surface area contributed by atoms with Crippen molar-refractivity contribution in [3.05, 3.63) is 66.8 Å². The van der Waals surface area contributed by atoms with Crippen LogP contribution >= 0.6 is 0 Å². The number of allylic oxidation sites excluding steroid dienone is 1. The molecule has 4 heterocycles. The highest BCUT2D eigenvalue weighted by Gasteiger charge is 2.28. The Kier molecular flexibility index (Phi) is 5.59. The summed E-state index contributed by atoms with van der Waals surface area (Å²) >= 11 is 0. The number of rotatable bonds is 5. The molecule has 3 N–H and O–H groups in total. The summed E-state index contributed by atoms with van der Waals surface area (Å²) in [5.74, 6) is 0.305. The number of likely N-dealkylation sites (N-methyl/N-ethyl adjacent to an activating group) is 1. The van der Waals surface area contributed by atoms with Gasteiger partial charge in [0.15, 0.2) is 0 Å². The molecule has 0 fully saturated rings. The van der Waals surface area contributed by atoms with Gasteiger partial charge in [-0.25, -0.2) is 9.97 Å². The van der Waals surface area contributed by atoms with Gasteiger partial charge in [-0.3, -0.25) is 9.78 Å². The summed E-state index contributed by atoms with van der Waals surface area (Å²) in [6, 6.07) is 9.99. The molecule has 0 bridgehead atoms. The Bertz CT molecular complexity index is 1470. The smallest absolute Gasteiger partial charge is 0.244 e. The SMILES string of the molecule is CC1=C[C@H](NC(=O)/C=C/CN(C)C)Cn2c1c(-c1cnc3ccccc3c1)c1c(N)ncnc12. The van der Waals surface area contributed by atoms with E-state index in [9.17, 15) is 4.79 Å². The molecule has 34 heavy (non-hydrogen) atoms. The first-order valence-corrected chi connectivity index (χ1v) is 11.2. The van der Waals surface area contributed by atoms with Crippen LogP contribution < -0.4 is 11.1 Å². The van der Waals surface area contributed by atoms with Crippen LogP contribution in [-0.2, 0) is 11.3 Å². The first-order chi connectivity index (χ1) is 16.4. The average molecular weight is 454 g/mol. The standard InChI is InChI=1S/C26H27N7O/c1-16-11-19(31-21(34)9-6-10-32(2)3)14-33-24(16)22(23-25(27)29-15-30-26(23)33)18-12-17-7-4-5-8-20(17)28-13-18/h4-9,11-13,15,19H,10,14H2,1-3H3,(H,31,34)(H2,27,29,30)/b9-6+/t19-/m0/s1. The van der Waals surface area contributed by atoms with E-state index in [2.05, 4.69) is 43.0 Å². The molecule has 0 unspecified atom stereocenters. The number of carbonyl (C=O) groups excluding carboxylic acids is 1. The van der Waals surface area contributed by atoms with E-state index in [4.69, 9.17) is 5.73 Å². The predicted octanol–water partition coefficient (Wildman–Crippen LogP) is 3.25. The number of hydrogen-bond acceptors (Lipinski definition) is 6. The Labute approximate surface area is 197 Å². The lowest BCUT2D eigenvalue weighted by molar-refractivity contribution is -0.117. The number of nitrogens with one attached hydrogen (secondary N) is 1. The van der Waals surface area contributed by atoms with Crippen molar-refractivity contribution in [2.24, 2.45) is 0 Å². The highest BCUT2D eigenvalue weighted by Crippen LogP contribution is 2.41. The molecule has 0 saturated carbocycles. The zero-order valence-corrected chi connectivity index (χ0v) is 19.5. The molecule has 0 aliphatic carbocycles. The van der Waals surface area contributed by atoms with Gasteiger partial charge in [-0.05, 0) is 38.7 Å². The molecule has 0 saturated heterocycles. The van der Waals surface area contributed by atoms with Crippen molar-refractivity contribution in [1.82, 2.24) is 29.7 Å². The van der Waals surface area contributed by atoms with Crippen molar-refractivity contribution < 1.29 is 4.79 Å². The van der Waals surface area contributed by atoms with E-state index >= 15 is 0 Å². The highest BCUT2D eigenvalue weighted by atomic mass is 16.1. The van der Waals surface area contributed by atoms with Crippen LogP contribution in [0.15, 0.2) is 61.1 Å². The van der Waals surface area contributed by atoms with Crippen LogP contribution in [0.3, 0.4) is 0 Å². The molecule has 8 nitrogen and oxygen atoms in total. The summed E-state index contributed by atoms with van der Waals surface area (Å²) in [7, 11) is 3.93. The van der Waals surface area contributed by atoms with Crippen LogP contribution in [0.2, 0.25) is 0 Å². The summed E-state index contributed by atoms with van der Waals surface area (Å²) < 4.78 is 2.13. The summed E-state index contributed by atoms with van der Waals surface area (Å²) in [6.45, 7) is 3.30. The minimum absolute atomic E-state index is 0.121. The molecular formula is C26H27N7O. The summed E-state index contributed by atoms with van der Waals surface area (Å²) in [5, 5.41) is 4.95. The maximum Gasteiger partial charge on any atom is 0.244 e. The van der Waals surface area contributed by atoms with Crippen molar-refractivity contribution in [3.63, 3.8) is 0 Å². The number of nitrogens with two attached hydrogens (primary N) is 1. The topological polar surface area (TPSA) is 102 Å². The molecule has 8 heteroatoms. The van der Waals surface area contributed by atoms with E-state index in [1.54, 1.807) is 6.08 Å². The van der Waals surface area contributed by atoms with E-state index in [1.807, 2.05) is 56.4 Å². The second-order valence-electron chi connectivity index (χ2n) is 8.84. The summed E-state index contributed by atoms with van der Waals surface area (Å²) in [5.41, 5.74) is 12.0. The Morgan fingerprint density at radius 1 is 1.26 bits per heavy atom. The highest BCUT2D eigenvalue weighted by molar-refractivity contribution is 6.07. The number of carbonyl (C=O) groups is 1. The number of benzene rings is 1. The quantitative estimate of drug-likeness (QED) is 0.450. The van der Waals surface area contributed by atoms with Crippen molar-refractivity contribution in [1.29, 1.82) is 0 Å². The van der Waals surface area contributed by atoms with Crippen molar-refractivity contribution in [3.8, 4) is 11.1 Å². The molecule has 172 valence electrons. The van der Waals surface area contributed by atoms with Crippen molar-refractivity contribution in [2.45, 2.75) is 19.5 Å². The average Bonchev–Trinajstić information content (AvgIpc) is 3.15. The number of hydrogen-bond donors (Lipinski definition) is 2. The molecule has 5 rings (SSSR count). The third kappa shape index (κ3) is 3.92. The van der Waals surface area contributed by atoms with Gasteiger partial charge in [0.05, 0.1) is 22.6 Å². The van der Waals surface area contributed by atoms with Gasteiger partial charge in [0.2, 0.25) is 5.91 Å². The van der Waals surface area contributed by atoms with Gasteiger partial charge in [0, 0.05) is 41.9 Å². The van der Waals surface area contributed by atoms with Gasteiger partial charge >= 0.3 is 0 Å². The van der Waals surface area contributed by atoms with Gasteiger partial charge in [-0.1, -0.05) is 30.4 Å². The second kappa shape index (κ2) is 8.72. The molecule has 1 atom stereocenters. The number of amides is 1. The van der Waals surface area contributed by atoms with Gasteiger partial charge in [0.1, 0.15) is 17.8 Å². The van der Waals surface area contributed by atoms with Gasteiger partial charge in [-0.2, -0.15) is 0 Å². The Balaban J connectivity index is 1.59. The van der Waals surface area contributed by atoms with Gasteiger partial charge in [-0.15, -0.1) is 0 Å².